The molecule has 3 heterocycles. The number of rotatable bonds is 7. The van der Waals surface area contributed by atoms with Crippen LogP contribution in [0.2, 0.25) is 5.28 Å². The second-order valence-electron chi connectivity index (χ2n) is 8.20. The van der Waals surface area contributed by atoms with Crippen molar-refractivity contribution < 1.29 is 8.42 Å². The normalized spacial score (nSPS) is 19.3. The lowest BCUT2D eigenvalue weighted by Crippen LogP contribution is -2.41. The third-order valence-corrected chi connectivity index (χ3v) is 7.91. The molecule has 2 aromatic heterocycles. The lowest BCUT2D eigenvalue weighted by atomic mass is 9.98. The number of nitrogens with one attached hydrogen (secondary N) is 1. The fourth-order valence-electron chi connectivity index (χ4n) is 4.07. The van der Waals surface area contributed by atoms with Crippen molar-refractivity contribution in [2.75, 3.05) is 30.7 Å². The van der Waals surface area contributed by atoms with Crippen LogP contribution in [0.15, 0.2) is 11.0 Å². The van der Waals surface area contributed by atoms with Crippen LogP contribution < -0.4 is 10.9 Å². The van der Waals surface area contributed by atoms with Gasteiger partial charge in [0.05, 0.1) is 12.3 Å². The second kappa shape index (κ2) is 8.68. The van der Waals surface area contributed by atoms with Crippen molar-refractivity contribution >= 4 is 38.6 Å². The van der Waals surface area contributed by atoms with Crippen molar-refractivity contribution in [3.8, 4) is 6.07 Å². The highest BCUT2D eigenvalue weighted by Gasteiger charge is 2.32. The molecule has 31 heavy (non-hydrogen) atoms. The first kappa shape index (κ1) is 21.9. The Kier molecular flexibility index (Phi) is 6.14. The zero-order chi connectivity index (χ0) is 22.2. The number of sulfonamides is 1. The monoisotopic (exact) mass is 465 g/mol. The van der Waals surface area contributed by atoms with Crippen LogP contribution in [-0.2, 0) is 10.0 Å². The summed E-state index contributed by atoms with van der Waals surface area (Å²) in [5.74, 6) is 0.373. The zero-order valence-electron chi connectivity index (χ0n) is 17.2. The number of hydrogen-bond donors (Lipinski definition) is 1. The molecule has 1 aliphatic heterocycles. The molecule has 1 saturated carbocycles. The lowest BCUT2D eigenvalue weighted by molar-refractivity contribution is 0.283. The molecule has 10 nitrogen and oxygen atoms in total. The molecule has 4 rings (SSSR count). The van der Waals surface area contributed by atoms with Crippen LogP contribution in [0.25, 0.3) is 11.2 Å². The predicted octanol–water partition coefficient (Wildman–Crippen LogP) is 1.79. The Labute approximate surface area is 185 Å². The number of nitrogens with zero attached hydrogens (tertiary/aromatic N) is 6. The van der Waals surface area contributed by atoms with Gasteiger partial charge in [-0.15, -0.1) is 0 Å². The van der Waals surface area contributed by atoms with Gasteiger partial charge >= 0.3 is 0 Å². The Morgan fingerprint density at radius 3 is 2.65 bits per heavy atom. The summed E-state index contributed by atoms with van der Waals surface area (Å²) in [5, 5.41) is 11.9. The van der Waals surface area contributed by atoms with Gasteiger partial charge in [-0.2, -0.15) is 10.2 Å². The van der Waals surface area contributed by atoms with Gasteiger partial charge in [-0.25, -0.2) is 22.7 Å². The minimum absolute atomic E-state index is 0.0157. The van der Waals surface area contributed by atoms with E-state index in [2.05, 4.69) is 20.3 Å². The predicted molar refractivity (Wildman–Crippen MR) is 116 cm³/mol. The molecule has 1 N–H and O–H groups in total. The first-order valence-corrected chi connectivity index (χ1v) is 12.3. The van der Waals surface area contributed by atoms with Gasteiger partial charge in [-0.3, -0.25) is 9.36 Å². The highest BCUT2D eigenvalue weighted by Crippen LogP contribution is 2.39. The van der Waals surface area contributed by atoms with Crippen LogP contribution in [0.5, 0.6) is 0 Å². The number of nitriles is 1. The van der Waals surface area contributed by atoms with Gasteiger partial charge in [0, 0.05) is 25.7 Å². The summed E-state index contributed by atoms with van der Waals surface area (Å²) in [7, 11) is -3.51. The number of fused-ring (bicyclic) bond motifs is 1. The van der Waals surface area contributed by atoms with Gasteiger partial charge in [-0.1, -0.05) is 0 Å². The molecule has 2 aromatic rings. The van der Waals surface area contributed by atoms with Crippen LogP contribution >= 0.6 is 11.6 Å². The molecule has 1 atom stereocenters. The number of halogens is 1. The topological polar surface area (TPSA) is 134 Å². The first-order chi connectivity index (χ1) is 14.8. The van der Waals surface area contributed by atoms with E-state index in [0.29, 0.717) is 49.6 Å². The van der Waals surface area contributed by atoms with Crippen molar-refractivity contribution in [3.05, 3.63) is 21.8 Å². The van der Waals surface area contributed by atoms with Crippen molar-refractivity contribution in [1.82, 2.24) is 23.8 Å². The average molecular weight is 466 g/mol. The Hall–Kier alpha value is -2.29. The van der Waals surface area contributed by atoms with Gasteiger partial charge in [0.15, 0.2) is 17.2 Å². The number of piperidine rings is 1. The molecule has 0 spiro atoms. The highest BCUT2D eigenvalue weighted by atomic mass is 35.5. The van der Waals surface area contributed by atoms with Crippen LogP contribution in [0.1, 0.15) is 38.6 Å². The molecular formula is C19H24ClN7O3S. The SMILES string of the molecule is CC(C1CC1)n1c(=O)c(NCC2CCN(S(=O)(=O)CC#N)CC2)nc2cnc(Cl)nc21. The Balaban J connectivity index is 1.51. The molecule has 2 fully saturated rings. The van der Waals surface area contributed by atoms with E-state index in [4.69, 9.17) is 16.9 Å². The standard InChI is InChI=1S/C19H24ClN7O3S/c1-12(14-2-3-14)27-17-15(11-23-19(20)25-17)24-16(18(27)28)22-10-13-4-7-26(8-5-13)31(29,30)9-6-21/h11-14H,2-5,7-10H2,1H3,(H,22,24). The van der Waals surface area contributed by atoms with Gasteiger partial charge in [0.1, 0.15) is 5.52 Å². The molecule has 1 unspecified atom stereocenters. The van der Waals surface area contributed by atoms with Gasteiger partial charge in [0.2, 0.25) is 15.3 Å². The third kappa shape index (κ3) is 4.66. The Bertz CT molecular complexity index is 1180. The van der Waals surface area contributed by atoms with Crippen LogP contribution in [0, 0.1) is 23.2 Å². The number of hydrogen-bond acceptors (Lipinski definition) is 8. The number of anilines is 1. The largest absolute Gasteiger partial charge is 0.365 e. The summed E-state index contributed by atoms with van der Waals surface area (Å²) in [6, 6.07) is 1.69. The van der Waals surface area contributed by atoms with E-state index in [0.717, 1.165) is 12.8 Å². The average Bonchev–Trinajstić information content (AvgIpc) is 3.58. The second-order valence-corrected chi connectivity index (χ2v) is 10.5. The van der Waals surface area contributed by atoms with E-state index in [1.54, 1.807) is 10.6 Å². The minimum Gasteiger partial charge on any atom is -0.365 e. The smallest absolute Gasteiger partial charge is 0.295 e. The van der Waals surface area contributed by atoms with E-state index in [1.807, 2.05) is 6.92 Å². The van der Waals surface area contributed by atoms with E-state index in [-0.39, 0.29) is 28.6 Å². The quantitative estimate of drug-likeness (QED) is 0.611. The molecular weight excluding hydrogens is 442 g/mol. The summed E-state index contributed by atoms with van der Waals surface area (Å²) in [6.45, 7) is 3.26. The number of aromatic nitrogens is 4. The van der Waals surface area contributed by atoms with E-state index >= 15 is 0 Å². The van der Waals surface area contributed by atoms with Gasteiger partial charge in [0.25, 0.3) is 5.56 Å². The highest BCUT2D eigenvalue weighted by molar-refractivity contribution is 7.89. The molecule has 2 aliphatic rings. The van der Waals surface area contributed by atoms with Gasteiger partial charge in [-0.05, 0) is 56.0 Å². The molecule has 0 radical (unpaired) electrons. The van der Waals surface area contributed by atoms with E-state index < -0.39 is 15.8 Å². The summed E-state index contributed by atoms with van der Waals surface area (Å²) >= 11 is 5.96. The van der Waals surface area contributed by atoms with Crippen molar-refractivity contribution in [2.45, 2.75) is 38.6 Å². The lowest BCUT2D eigenvalue weighted by Gasteiger charge is -2.30. The molecule has 0 amide bonds. The maximum atomic E-state index is 13.2. The first-order valence-electron chi connectivity index (χ1n) is 10.3. The fourth-order valence-corrected chi connectivity index (χ4v) is 5.31. The zero-order valence-corrected chi connectivity index (χ0v) is 18.7. The van der Waals surface area contributed by atoms with E-state index in [9.17, 15) is 13.2 Å². The van der Waals surface area contributed by atoms with Crippen molar-refractivity contribution in [3.63, 3.8) is 0 Å². The van der Waals surface area contributed by atoms with Crippen molar-refractivity contribution in [2.24, 2.45) is 11.8 Å². The van der Waals surface area contributed by atoms with Crippen molar-refractivity contribution in [1.29, 1.82) is 5.26 Å². The molecule has 166 valence electrons. The Morgan fingerprint density at radius 1 is 1.29 bits per heavy atom. The summed E-state index contributed by atoms with van der Waals surface area (Å²) in [5.41, 5.74) is 0.693. The molecule has 0 bridgehead atoms. The Morgan fingerprint density at radius 2 is 2.00 bits per heavy atom. The third-order valence-electron chi connectivity index (χ3n) is 6.09. The molecule has 12 heteroatoms. The summed E-state index contributed by atoms with van der Waals surface area (Å²) < 4.78 is 27.1. The summed E-state index contributed by atoms with van der Waals surface area (Å²) in [6.07, 6.45) is 4.97. The molecule has 1 aliphatic carbocycles. The maximum Gasteiger partial charge on any atom is 0.295 e. The van der Waals surface area contributed by atoms with E-state index in [1.165, 1.54) is 10.5 Å². The molecule has 0 aromatic carbocycles. The summed E-state index contributed by atoms with van der Waals surface area (Å²) in [4.78, 5) is 25.9. The maximum absolute atomic E-state index is 13.2. The molecule has 1 saturated heterocycles. The van der Waals surface area contributed by atoms with Crippen LogP contribution in [-0.4, -0.2) is 57.6 Å². The fraction of sp³-hybridized carbons (Fsp3) is 0.632. The van der Waals surface area contributed by atoms with Gasteiger partial charge < -0.3 is 5.32 Å². The van der Waals surface area contributed by atoms with Crippen LogP contribution in [0.4, 0.5) is 5.82 Å². The van der Waals surface area contributed by atoms with Crippen LogP contribution in [0.3, 0.4) is 0 Å². The minimum atomic E-state index is -3.51.